The van der Waals surface area contributed by atoms with Crippen molar-refractivity contribution in [3.63, 3.8) is 0 Å². The van der Waals surface area contributed by atoms with E-state index in [4.69, 9.17) is 9.84 Å². The number of aryl methyl sites for hydroxylation is 2. The predicted octanol–water partition coefficient (Wildman–Crippen LogP) is 7.98. The van der Waals surface area contributed by atoms with Crippen molar-refractivity contribution >= 4 is 12.0 Å². The smallest absolute Gasteiger partial charge is 0.328 e. The molecule has 1 aromatic rings. The maximum Gasteiger partial charge on any atom is 0.328 e. The molecule has 0 radical (unpaired) electrons. The van der Waals surface area contributed by atoms with Crippen molar-refractivity contribution in [3.05, 3.63) is 70.3 Å². The number of hydrogen-bond donors (Lipinski definition) is 1. The Morgan fingerprint density at radius 2 is 1.65 bits per heavy atom. The molecule has 3 heteroatoms. The van der Waals surface area contributed by atoms with E-state index in [0.717, 1.165) is 29.9 Å². The van der Waals surface area contributed by atoms with Crippen LogP contribution in [0.4, 0.5) is 0 Å². The van der Waals surface area contributed by atoms with Crippen molar-refractivity contribution in [1.29, 1.82) is 0 Å². The van der Waals surface area contributed by atoms with Gasteiger partial charge >= 0.3 is 5.97 Å². The Morgan fingerprint density at radius 1 is 0.968 bits per heavy atom. The quantitative estimate of drug-likeness (QED) is 0.187. The Kier molecular flexibility index (Phi) is 13.1. The number of ether oxygens (including phenoxy) is 1. The van der Waals surface area contributed by atoms with Crippen LogP contribution in [0.3, 0.4) is 0 Å². The van der Waals surface area contributed by atoms with E-state index in [1.165, 1.54) is 55.7 Å². The van der Waals surface area contributed by atoms with Crippen molar-refractivity contribution in [3.8, 4) is 5.75 Å². The second-order valence-electron chi connectivity index (χ2n) is 8.29. The topological polar surface area (TPSA) is 46.5 Å². The molecular formula is C28H40O3. The molecule has 0 bridgehead atoms. The Hall–Kier alpha value is -2.55. The lowest BCUT2D eigenvalue weighted by Crippen LogP contribution is -2.00. The first-order valence-corrected chi connectivity index (χ1v) is 11.5. The summed E-state index contributed by atoms with van der Waals surface area (Å²) in [5.41, 5.74) is 5.31. The van der Waals surface area contributed by atoms with Crippen molar-refractivity contribution in [2.75, 3.05) is 6.61 Å². The highest BCUT2D eigenvalue weighted by Gasteiger charge is 2.06. The van der Waals surface area contributed by atoms with E-state index >= 15 is 0 Å². The van der Waals surface area contributed by atoms with E-state index in [2.05, 4.69) is 45.1 Å². The molecule has 170 valence electrons. The minimum atomic E-state index is -0.929. The van der Waals surface area contributed by atoms with Gasteiger partial charge in [0.25, 0.3) is 0 Å². The summed E-state index contributed by atoms with van der Waals surface area (Å²) in [5, 5.41) is 8.76. The van der Waals surface area contributed by atoms with Crippen molar-refractivity contribution in [2.45, 2.75) is 79.6 Å². The highest BCUT2D eigenvalue weighted by molar-refractivity contribution is 5.81. The zero-order valence-corrected chi connectivity index (χ0v) is 20.0. The maximum atomic E-state index is 10.7. The second kappa shape index (κ2) is 15.3. The molecule has 0 aliphatic heterocycles. The van der Waals surface area contributed by atoms with E-state index in [1.807, 2.05) is 19.1 Å². The van der Waals surface area contributed by atoms with Gasteiger partial charge in [-0.05, 0) is 56.9 Å². The van der Waals surface area contributed by atoms with Gasteiger partial charge in [-0.25, -0.2) is 4.79 Å². The minimum absolute atomic E-state index is 0.705. The molecule has 0 aliphatic rings. The summed E-state index contributed by atoms with van der Waals surface area (Å²) in [6.45, 7) is 11.0. The van der Waals surface area contributed by atoms with Gasteiger partial charge in [-0.2, -0.15) is 0 Å². The SMILES string of the molecule is CCCCCCCCCOc1cc(C)cc(C)c1/C=C/C(C)=C/C=C/C(C)=C/C(=O)O. The van der Waals surface area contributed by atoms with E-state index in [9.17, 15) is 4.79 Å². The molecule has 0 aromatic heterocycles. The fraction of sp³-hybridized carbons (Fsp3) is 0.464. The molecule has 0 atom stereocenters. The molecule has 0 saturated carbocycles. The van der Waals surface area contributed by atoms with E-state index in [-0.39, 0.29) is 0 Å². The summed E-state index contributed by atoms with van der Waals surface area (Å²) in [4.78, 5) is 10.7. The number of allylic oxidation sites excluding steroid dienone is 6. The summed E-state index contributed by atoms with van der Waals surface area (Å²) in [5.74, 6) is 0.0185. The van der Waals surface area contributed by atoms with Crippen LogP contribution in [0, 0.1) is 13.8 Å². The average Bonchev–Trinajstić information content (AvgIpc) is 2.68. The minimum Gasteiger partial charge on any atom is -0.493 e. The standard InChI is InChI=1S/C28H40O3/c1-6-7-8-9-10-11-12-18-31-27-20-24(4)19-25(5)26(27)17-16-22(2)14-13-15-23(3)21-28(29)30/h13-17,19-21H,6-12,18H2,1-5H3,(H,29,30)/b15-13+,17-16+,22-14+,23-21+. The van der Waals surface area contributed by atoms with Crippen LogP contribution >= 0.6 is 0 Å². The van der Waals surface area contributed by atoms with Crippen molar-refractivity contribution in [1.82, 2.24) is 0 Å². The number of carbonyl (C=O) groups is 1. The first-order chi connectivity index (χ1) is 14.8. The number of carboxylic acids is 1. The third-order valence-electron chi connectivity index (χ3n) is 5.08. The van der Waals surface area contributed by atoms with Gasteiger partial charge in [0, 0.05) is 11.6 Å². The summed E-state index contributed by atoms with van der Waals surface area (Å²) in [6, 6.07) is 4.30. The molecule has 0 amide bonds. The van der Waals surface area contributed by atoms with Crippen molar-refractivity contribution < 1.29 is 14.6 Å². The first kappa shape index (κ1) is 26.5. The van der Waals surface area contributed by atoms with Crippen LogP contribution in [0.1, 0.15) is 82.4 Å². The summed E-state index contributed by atoms with van der Waals surface area (Å²) in [6.07, 6.45) is 19.9. The second-order valence-corrected chi connectivity index (χ2v) is 8.29. The van der Waals surface area contributed by atoms with Gasteiger partial charge in [-0.15, -0.1) is 0 Å². The van der Waals surface area contributed by atoms with E-state index in [0.29, 0.717) is 5.57 Å². The van der Waals surface area contributed by atoms with Crippen LogP contribution in [0.25, 0.3) is 6.08 Å². The Labute approximate surface area is 189 Å². The Balaban J connectivity index is 2.71. The van der Waals surface area contributed by atoms with Crippen LogP contribution in [0.15, 0.2) is 53.7 Å². The molecule has 31 heavy (non-hydrogen) atoms. The summed E-state index contributed by atoms with van der Waals surface area (Å²) >= 11 is 0. The lowest BCUT2D eigenvalue weighted by atomic mass is 10.0. The fourth-order valence-corrected chi connectivity index (χ4v) is 3.38. The molecule has 0 aliphatic carbocycles. The number of unbranched alkanes of at least 4 members (excludes halogenated alkanes) is 6. The number of carboxylic acid groups (broad SMARTS) is 1. The van der Waals surface area contributed by atoms with Gasteiger partial charge in [-0.1, -0.05) is 87.5 Å². The zero-order chi connectivity index (χ0) is 23.1. The molecule has 1 aromatic carbocycles. The molecule has 1 N–H and O–H groups in total. The van der Waals surface area contributed by atoms with Crippen molar-refractivity contribution in [2.24, 2.45) is 0 Å². The van der Waals surface area contributed by atoms with E-state index in [1.54, 1.807) is 13.0 Å². The molecule has 0 fully saturated rings. The zero-order valence-electron chi connectivity index (χ0n) is 20.0. The molecular weight excluding hydrogens is 384 g/mol. The Bertz CT molecular complexity index is 810. The number of rotatable bonds is 14. The van der Waals surface area contributed by atoms with Gasteiger partial charge in [0.1, 0.15) is 5.75 Å². The third kappa shape index (κ3) is 12.0. The lowest BCUT2D eigenvalue weighted by Gasteiger charge is -2.13. The fourth-order valence-electron chi connectivity index (χ4n) is 3.38. The molecule has 0 spiro atoms. The Morgan fingerprint density at radius 3 is 2.32 bits per heavy atom. The third-order valence-corrected chi connectivity index (χ3v) is 5.08. The van der Waals surface area contributed by atoms with Crippen LogP contribution in [-0.4, -0.2) is 17.7 Å². The molecule has 0 heterocycles. The average molecular weight is 425 g/mol. The first-order valence-electron chi connectivity index (χ1n) is 11.5. The largest absolute Gasteiger partial charge is 0.493 e. The van der Waals surface area contributed by atoms with Crippen LogP contribution in [0.5, 0.6) is 5.75 Å². The molecule has 0 unspecified atom stereocenters. The van der Waals surface area contributed by atoms with Gasteiger partial charge in [0.2, 0.25) is 0 Å². The van der Waals surface area contributed by atoms with Gasteiger partial charge in [0.15, 0.2) is 0 Å². The highest BCUT2D eigenvalue weighted by Crippen LogP contribution is 2.27. The van der Waals surface area contributed by atoms with Crippen LogP contribution in [-0.2, 0) is 4.79 Å². The number of aliphatic carboxylic acids is 1. The van der Waals surface area contributed by atoms with E-state index < -0.39 is 5.97 Å². The highest BCUT2D eigenvalue weighted by atomic mass is 16.5. The monoisotopic (exact) mass is 424 g/mol. The van der Waals surface area contributed by atoms with Gasteiger partial charge < -0.3 is 9.84 Å². The van der Waals surface area contributed by atoms with Crippen LogP contribution in [0.2, 0.25) is 0 Å². The van der Waals surface area contributed by atoms with Crippen LogP contribution < -0.4 is 4.74 Å². The van der Waals surface area contributed by atoms with Gasteiger partial charge in [-0.3, -0.25) is 0 Å². The molecule has 1 rings (SSSR count). The normalized spacial score (nSPS) is 12.8. The molecule has 3 nitrogen and oxygen atoms in total. The maximum absolute atomic E-state index is 10.7. The summed E-state index contributed by atoms with van der Waals surface area (Å²) < 4.78 is 6.16. The summed E-state index contributed by atoms with van der Waals surface area (Å²) in [7, 11) is 0. The number of benzene rings is 1. The number of hydrogen-bond acceptors (Lipinski definition) is 2. The molecule has 0 saturated heterocycles. The lowest BCUT2D eigenvalue weighted by molar-refractivity contribution is -0.131. The predicted molar refractivity (Wildman–Crippen MR) is 133 cm³/mol. The van der Waals surface area contributed by atoms with Gasteiger partial charge in [0.05, 0.1) is 6.61 Å².